The molecule has 0 spiro atoms. The van der Waals surface area contributed by atoms with E-state index in [4.69, 9.17) is 15.2 Å². The maximum atomic E-state index is 12.2. The second kappa shape index (κ2) is 7.84. The third-order valence-corrected chi connectivity index (χ3v) is 9.63. The molecular weight excluding hydrogens is 543 g/mol. The minimum Gasteiger partial charge on any atom is -0.458 e. The summed E-state index contributed by atoms with van der Waals surface area (Å²) in [6, 6.07) is 0. The van der Waals surface area contributed by atoms with Crippen molar-refractivity contribution in [3.05, 3.63) is 28.8 Å². The molecule has 2 aromatic rings. The van der Waals surface area contributed by atoms with Crippen LogP contribution in [0.15, 0.2) is 34.0 Å². The number of anilines is 1. The second-order valence-electron chi connectivity index (χ2n) is 7.13. The van der Waals surface area contributed by atoms with Crippen molar-refractivity contribution in [2.75, 3.05) is 19.1 Å². The van der Waals surface area contributed by atoms with E-state index in [1.807, 2.05) is 10.6 Å². The molecule has 2 aliphatic carbocycles. The largest absolute Gasteiger partial charge is 0.458 e. The Morgan fingerprint density at radius 1 is 1.33 bits per heavy atom. The minimum absolute atomic E-state index is 0.207. The summed E-state index contributed by atoms with van der Waals surface area (Å²) in [5.74, 6) is 1.92. The standard InChI is InChI=1S/C17H19IN6O4S2/c18-10-5-11-12(28-8-27-11)6-13(10)29-17-23-14-15(19)20-7-21-16(14)24(17)4-3-22-30(25,26)9-1-2-9/h6-7,9-10,22H,1-5,8H2,(H2,19,20,21). The summed E-state index contributed by atoms with van der Waals surface area (Å²) in [5, 5.41) is 0.422. The van der Waals surface area contributed by atoms with Gasteiger partial charge in [0.1, 0.15) is 12.1 Å². The topological polar surface area (TPSA) is 134 Å². The van der Waals surface area contributed by atoms with Gasteiger partial charge in [0.25, 0.3) is 0 Å². The average molecular weight is 562 g/mol. The molecule has 3 heterocycles. The number of nitrogens with zero attached hydrogens (tertiary/aromatic N) is 4. The van der Waals surface area contributed by atoms with Gasteiger partial charge in [-0.3, -0.25) is 0 Å². The molecule has 0 radical (unpaired) electrons. The van der Waals surface area contributed by atoms with Crippen LogP contribution in [0.1, 0.15) is 19.3 Å². The number of allylic oxidation sites excluding steroid dienone is 3. The highest BCUT2D eigenvalue weighted by Gasteiger charge is 2.35. The summed E-state index contributed by atoms with van der Waals surface area (Å²) in [7, 11) is -3.26. The first-order valence-corrected chi connectivity index (χ1v) is 13.0. The van der Waals surface area contributed by atoms with E-state index in [2.05, 4.69) is 42.3 Å². The van der Waals surface area contributed by atoms with Gasteiger partial charge in [-0.15, -0.1) is 0 Å². The van der Waals surface area contributed by atoms with Gasteiger partial charge in [-0.05, 0) is 18.9 Å². The molecule has 160 valence electrons. The first-order chi connectivity index (χ1) is 14.4. The Hall–Kier alpha value is -1.58. The lowest BCUT2D eigenvalue weighted by atomic mass is 10.1. The van der Waals surface area contributed by atoms with Crippen LogP contribution >= 0.6 is 34.4 Å². The lowest BCUT2D eigenvalue weighted by Gasteiger charge is -2.18. The minimum atomic E-state index is -3.26. The van der Waals surface area contributed by atoms with Crippen LogP contribution in [-0.2, 0) is 26.0 Å². The number of sulfonamides is 1. The number of alkyl halides is 1. The fourth-order valence-electron chi connectivity index (χ4n) is 3.29. The van der Waals surface area contributed by atoms with Gasteiger partial charge in [0, 0.05) is 28.3 Å². The number of imidazole rings is 1. The average Bonchev–Trinajstić information content (AvgIpc) is 3.39. The zero-order valence-electron chi connectivity index (χ0n) is 15.7. The first-order valence-electron chi connectivity index (χ1n) is 9.40. The molecular formula is C17H19IN6O4S2. The molecule has 0 saturated heterocycles. The number of aromatic nitrogens is 4. The smallest absolute Gasteiger partial charge is 0.230 e. The number of nitrogens with one attached hydrogen (secondary N) is 1. The van der Waals surface area contributed by atoms with Crippen LogP contribution in [0, 0.1) is 0 Å². The van der Waals surface area contributed by atoms with Crippen LogP contribution < -0.4 is 10.5 Å². The summed E-state index contributed by atoms with van der Waals surface area (Å²) in [5.41, 5.74) is 7.09. The molecule has 0 amide bonds. The maximum Gasteiger partial charge on any atom is 0.230 e. The normalized spacial score (nSPS) is 21.4. The van der Waals surface area contributed by atoms with Gasteiger partial charge < -0.3 is 19.8 Å². The van der Waals surface area contributed by atoms with Gasteiger partial charge in [0.15, 0.2) is 27.9 Å². The molecule has 1 unspecified atom stereocenters. The fraction of sp³-hybridized carbons (Fsp3) is 0.471. The molecule has 1 atom stereocenters. The Morgan fingerprint density at radius 3 is 2.97 bits per heavy atom. The quantitative estimate of drug-likeness (QED) is 0.383. The number of nitrogens with two attached hydrogens (primary N) is 1. The number of ether oxygens (including phenoxy) is 2. The lowest BCUT2D eigenvalue weighted by Crippen LogP contribution is -2.30. The Kier molecular flexibility index (Phi) is 5.31. The summed E-state index contributed by atoms with van der Waals surface area (Å²) in [4.78, 5) is 14.1. The molecule has 0 bridgehead atoms. The van der Waals surface area contributed by atoms with Crippen molar-refractivity contribution in [2.45, 2.75) is 40.1 Å². The molecule has 1 saturated carbocycles. The molecule has 1 aliphatic heterocycles. The van der Waals surface area contributed by atoms with Crippen LogP contribution in [-0.4, -0.2) is 50.4 Å². The number of nitrogen functional groups attached to an aromatic ring is 1. The summed E-state index contributed by atoms with van der Waals surface area (Å²) < 4.78 is 40.1. The number of hydrogen-bond donors (Lipinski definition) is 2. The third kappa shape index (κ3) is 3.87. The highest BCUT2D eigenvalue weighted by molar-refractivity contribution is 14.1. The molecule has 30 heavy (non-hydrogen) atoms. The van der Waals surface area contributed by atoms with Gasteiger partial charge in [-0.25, -0.2) is 28.1 Å². The molecule has 13 heteroatoms. The van der Waals surface area contributed by atoms with E-state index in [1.165, 1.54) is 18.1 Å². The van der Waals surface area contributed by atoms with Crippen LogP contribution in [0.3, 0.4) is 0 Å². The molecule has 3 N–H and O–H groups in total. The number of halogens is 1. The summed E-state index contributed by atoms with van der Waals surface area (Å²) in [6.45, 7) is 0.878. The van der Waals surface area contributed by atoms with Gasteiger partial charge >= 0.3 is 0 Å². The van der Waals surface area contributed by atoms with Gasteiger partial charge in [0.2, 0.25) is 16.8 Å². The fourth-order valence-corrected chi connectivity index (χ4v) is 6.63. The highest BCUT2D eigenvalue weighted by Crippen LogP contribution is 2.42. The molecule has 2 aromatic heterocycles. The van der Waals surface area contributed by atoms with Crippen LogP contribution in [0.4, 0.5) is 5.82 Å². The second-order valence-corrected chi connectivity index (χ2v) is 11.7. The van der Waals surface area contributed by atoms with Crippen molar-refractivity contribution in [3.63, 3.8) is 0 Å². The zero-order chi connectivity index (χ0) is 20.9. The van der Waals surface area contributed by atoms with Crippen LogP contribution in [0.2, 0.25) is 0 Å². The summed E-state index contributed by atoms with van der Waals surface area (Å²) >= 11 is 3.87. The van der Waals surface area contributed by atoms with Crippen molar-refractivity contribution in [2.24, 2.45) is 0 Å². The predicted octanol–water partition coefficient (Wildman–Crippen LogP) is 1.89. The molecule has 10 nitrogen and oxygen atoms in total. The van der Waals surface area contributed by atoms with Gasteiger partial charge in [0.05, 0.1) is 5.25 Å². The number of fused-ring (bicyclic) bond motifs is 1. The molecule has 1 fully saturated rings. The lowest BCUT2D eigenvalue weighted by molar-refractivity contribution is 0.0731. The van der Waals surface area contributed by atoms with E-state index in [1.54, 1.807) is 0 Å². The maximum absolute atomic E-state index is 12.2. The van der Waals surface area contributed by atoms with Crippen molar-refractivity contribution < 1.29 is 17.9 Å². The summed E-state index contributed by atoms with van der Waals surface area (Å²) in [6.07, 6.45) is 5.56. The first kappa shape index (κ1) is 20.3. The SMILES string of the molecule is Nc1ncnc2c1nc(SC1=CC3=C(CC1I)OCO3)n2CCNS(=O)(=O)C1CC1. The molecule has 5 rings (SSSR count). The van der Waals surface area contributed by atoms with Crippen molar-refractivity contribution >= 4 is 61.4 Å². The van der Waals surface area contributed by atoms with Crippen molar-refractivity contribution in [1.82, 2.24) is 24.2 Å². The number of thioether (sulfide) groups is 1. The Bertz CT molecular complexity index is 1170. The van der Waals surface area contributed by atoms with Crippen molar-refractivity contribution in [1.29, 1.82) is 0 Å². The van der Waals surface area contributed by atoms with E-state index in [9.17, 15) is 8.42 Å². The van der Waals surface area contributed by atoms with E-state index in [-0.39, 0.29) is 22.5 Å². The van der Waals surface area contributed by atoms with E-state index < -0.39 is 10.0 Å². The number of rotatable bonds is 7. The predicted molar refractivity (Wildman–Crippen MR) is 120 cm³/mol. The third-order valence-electron chi connectivity index (χ3n) is 5.01. The Morgan fingerprint density at radius 2 is 2.17 bits per heavy atom. The zero-order valence-corrected chi connectivity index (χ0v) is 19.5. The monoisotopic (exact) mass is 562 g/mol. The molecule has 0 aromatic carbocycles. The van der Waals surface area contributed by atoms with E-state index in [0.717, 1.165) is 35.7 Å². The van der Waals surface area contributed by atoms with Gasteiger partial charge in [-0.1, -0.05) is 34.4 Å². The van der Waals surface area contributed by atoms with Crippen LogP contribution in [0.25, 0.3) is 11.2 Å². The van der Waals surface area contributed by atoms with E-state index in [0.29, 0.717) is 28.7 Å². The van der Waals surface area contributed by atoms with Gasteiger partial charge in [-0.2, -0.15) is 0 Å². The Labute approximate surface area is 190 Å². The Balaban J connectivity index is 1.44. The number of hydrogen-bond acceptors (Lipinski definition) is 9. The van der Waals surface area contributed by atoms with Crippen LogP contribution in [0.5, 0.6) is 0 Å². The van der Waals surface area contributed by atoms with E-state index >= 15 is 0 Å². The molecule has 3 aliphatic rings. The highest BCUT2D eigenvalue weighted by atomic mass is 127. The van der Waals surface area contributed by atoms with Crippen molar-refractivity contribution in [3.8, 4) is 0 Å².